The SMILES string of the molecule is FC(F)(F)c1cccc(-c2ccc(/C=N\NCc3c(Cl)cccc3Cl)o2)c1. The highest BCUT2D eigenvalue weighted by Crippen LogP contribution is 2.32. The molecule has 0 atom stereocenters. The standard InChI is InChI=1S/C19H13Cl2F3N2O/c20-16-5-2-6-17(21)15(16)11-26-25-10-14-7-8-18(27-14)12-3-1-4-13(9-12)19(22,23)24/h1-10,26H,11H2/b25-10-. The fourth-order valence-electron chi connectivity index (χ4n) is 2.36. The maximum Gasteiger partial charge on any atom is 0.416 e. The minimum atomic E-state index is -4.41. The van der Waals surface area contributed by atoms with E-state index in [1.807, 2.05) is 0 Å². The van der Waals surface area contributed by atoms with Crippen LogP contribution in [0.3, 0.4) is 0 Å². The molecule has 3 rings (SSSR count). The Morgan fingerprint density at radius 3 is 2.41 bits per heavy atom. The third kappa shape index (κ3) is 4.84. The summed E-state index contributed by atoms with van der Waals surface area (Å²) in [5, 5.41) is 5.06. The first-order chi connectivity index (χ1) is 12.8. The van der Waals surface area contributed by atoms with Gasteiger partial charge in [0.25, 0.3) is 0 Å². The summed E-state index contributed by atoms with van der Waals surface area (Å²) in [5.74, 6) is 0.705. The topological polar surface area (TPSA) is 37.5 Å². The molecule has 1 N–H and O–H groups in total. The molecular formula is C19H13Cl2F3N2O. The molecule has 0 amide bonds. The molecule has 0 unspecified atom stereocenters. The molecule has 8 heteroatoms. The van der Waals surface area contributed by atoms with Gasteiger partial charge in [0, 0.05) is 21.2 Å². The Balaban J connectivity index is 1.67. The molecular weight excluding hydrogens is 400 g/mol. The molecule has 0 spiro atoms. The summed E-state index contributed by atoms with van der Waals surface area (Å²) >= 11 is 12.1. The van der Waals surface area contributed by atoms with Gasteiger partial charge < -0.3 is 9.84 Å². The smallest absolute Gasteiger partial charge is 0.416 e. The normalized spacial score (nSPS) is 11.9. The van der Waals surface area contributed by atoms with Crippen LogP contribution in [0.5, 0.6) is 0 Å². The van der Waals surface area contributed by atoms with Crippen LogP contribution in [0.15, 0.2) is 64.1 Å². The molecule has 3 nitrogen and oxygen atoms in total. The average Bonchev–Trinajstić information content (AvgIpc) is 3.09. The van der Waals surface area contributed by atoms with Gasteiger partial charge in [0.15, 0.2) is 0 Å². The van der Waals surface area contributed by atoms with Gasteiger partial charge in [-0.05, 0) is 36.4 Å². The fourth-order valence-corrected chi connectivity index (χ4v) is 2.89. The molecule has 0 bridgehead atoms. The molecule has 140 valence electrons. The van der Waals surface area contributed by atoms with Crippen molar-refractivity contribution in [1.82, 2.24) is 5.43 Å². The summed E-state index contributed by atoms with van der Waals surface area (Å²) in [6, 6.07) is 13.3. The predicted molar refractivity (Wildman–Crippen MR) is 100 cm³/mol. The van der Waals surface area contributed by atoms with Crippen LogP contribution < -0.4 is 5.43 Å². The van der Waals surface area contributed by atoms with Crippen molar-refractivity contribution in [2.75, 3.05) is 0 Å². The number of nitrogens with zero attached hydrogens (tertiary/aromatic N) is 1. The van der Waals surface area contributed by atoms with E-state index in [0.717, 1.165) is 12.1 Å². The number of hydrogen-bond acceptors (Lipinski definition) is 3. The molecule has 27 heavy (non-hydrogen) atoms. The van der Waals surface area contributed by atoms with Gasteiger partial charge in [0.2, 0.25) is 0 Å². The lowest BCUT2D eigenvalue weighted by Gasteiger charge is -2.07. The second kappa shape index (κ2) is 8.06. The van der Waals surface area contributed by atoms with Gasteiger partial charge in [0.05, 0.1) is 18.3 Å². The van der Waals surface area contributed by atoms with Crippen LogP contribution in [0.1, 0.15) is 16.9 Å². The second-order valence-corrected chi connectivity index (χ2v) is 6.39. The molecule has 0 fully saturated rings. The number of nitrogens with one attached hydrogen (secondary N) is 1. The number of benzene rings is 2. The van der Waals surface area contributed by atoms with Crippen LogP contribution in [-0.4, -0.2) is 6.21 Å². The van der Waals surface area contributed by atoms with Crippen molar-refractivity contribution in [2.24, 2.45) is 5.10 Å². The van der Waals surface area contributed by atoms with Crippen molar-refractivity contribution >= 4 is 29.4 Å². The number of furan rings is 1. The highest BCUT2D eigenvalue weighted by molar-refractivity contribution is 6.35. The fraction of sp³-hybridized carbons (Fsp3) is 0.105. The molecule has 0 radical (unpaired) electrons. The number of hydrazone groups is 1. The highest BCUT2D eigenvalue weighted by atomic mass is 35.5. The Morgan fingerprint density at radius 1 is 1.00 bits per heavy atom. The monoisotopic (exact) mass is 412 g/mol. The van der Waals surface area contributed by atoms with Crippen molar-refractivity contribution in [3.8, 4) is 11.3 Å². The van der Waals surface area contributed by atoms with E-state index in [2.05, 4.69) is 10.5 Å². The van der Waals surface area contributed by atoms with Gasteiger partial charge in [-0.25, -0.2) is 0 Å². The summed E-state index contributed by atoms with van der Waals surface area (Å²) in [7, 11) is 0. The number of rotatable bonds is 5. The maximum absolute atomic E-state index is 12.8. The molecule has 1 heterocycles. The van der Waals surface area contributed by atoms with Crippen LogP contribution in [0.25, 0.3) is 11.3 Å². The van der Waals surface area contributed by atoms with Gasteiger partial charge in [-0.2, -0.15) is 18.3 Å². The molecule has 2 aromatic carbocycles. The van der Waals surface area contributed by atoms with Gasteiger partial charge in [-0.15, -0.1) is 0 Å². The molecule has 1 aromatic heterocycles. The molecule has 0 saturated carbocycles. The minimum Gasteiger partial charge on any atom is -0.455 e. The van der Waals surface area contributed by atoms with Crippen LogP contribution in [-0.2, 0) is 12.7 Å². The third-order valence-electron chi connectivity index (χ3n) is 3.70. The van der Waals surface area contributed by atoms with Gasteiger partial charge >= 0.3 is 6.18 Å². The first-order valence-electron chi connectivity index (χ1n) is 7.81. The van der Waals surface area contributed by atoms with E-state index in [1.165, 1.54) is 12.3 Å². The highest BCUT2D eigenvalue weighted by Gasteiger charge is 2.30. The number of halogens is 5. The Bertz CT molecular complexity index is 947. The summed E-state index contributed by atoms with van der Waals surface area (Å²) in [6.07, 6.45) is -2.99. The van der Waals surface area contributed by atoms with Crippen LogP contribution in [0.4, 0.5) is 13.2 Å². The number of alkyl halides is 3. The van der Waals surface area contributed by atoms with Crippen molar-refractivity contribution in [1.29, 1.82) is 0 Å². The predicted octanol–water partition coefficient (Wildman–Crippen LogP) is 6.40. The Hall–Kier alpha value is -2.44. The summed E-state index contributed by atoms with van der Waals surface area (Å²) in [5.41, 5.74) is 3.11. The molecule has 0 aliphatic heterocycles. The average molecular weight is 413 g/mol. The Kier molecular flexibility index (Phi) is 5.77. The number of hydrogen-bond donors (Lipinski definition) is 1. The van der Waals surface area contributed by atoms with Crippen LogP contribution in [0.2, 0.25) is 10.0 Å². The zero-order valence-electron chi connectivity index (χ0n) is 13.7. The minimum absolute atomic E-state index is 0.316. The largest absolute Gasteiger partial charge is 0.455 e. The van der Waals surface area contributed by atoms with E-state index in [1.54, 1.807) is 36.4 Å². The van der Waals surface area contributed by atoms with Crippen LogP contribution in [0, 0.1) is 0 Å². The van der Waals surface area contributed by atoms with E-state index in [0.29, 0.717) is 39.2 Å². The van der Waals surface area contributed by atoms with Gasteiger partial charge in [0.1, 0.15) is 11.5 Å². The molecule has 0 aliphatic carbocycles. The molecule has 0 saturated heterocycles. The molecule has 0 aliphatic rings. The summed E-state index contributed by atoms with van der Waals surface area (Å²) in [6.45, 7) is 0.316. The summed E-state index contributed by atoms with van der Waals surface area (Å²) in [4.78, 5) is 0. The van der Waals surface area contributed by atoms with Gasteiger partial charge in [-0.3, -0.25) is 0 Å². The van der Waals surface area contributed by atoms with E-state index in [9.17, 15) is 13.2 Å². The lowest BCUT2D eigenvalue weighted by molar-refractivity contribution is -0.137. The van der Waals surface area contributed by atoms with E-state index < -0.39 is 11.7 Å². The van der Waals surface area contributed by atoms with E-state index in [4.69, 9.17) is 27.6 Å². The van der Waals surface area contributed by atoms with Crippen LogP contribution >= 0.6 is 23.2 Å². The lowest BCUT2D eigenvalue weighted by Crippen LogP contribution is -2.06. The first-order valence-corrected chi connectivity index (χ1v) is 8.56. The van der Waals surface area contributed by atoms with Crippen molar-refractivity contribution < 1.29 is 17.6 Å². The summed E-state index contributed by atoms with van der Waals surface area (Å²) < 4.78 is 44.0. The van der Waals surface area contributed by atoms with Crippen molar-refractivity contribution in [3.63, 3.8) is 0 Å². The van der Waals surface area contributed by atoms with Crippen molar-refractivity contribution in [2.45, 2.75) is 12.7 Å². The Morgan fingerprint density at radius 2 is 1.70 bits per heavy atom. The third-order valence-corrected chi connectivity index (χ3v) is 4.41. The molecule has 3 aromatic rings. The zero-order chi connectivity index (χ0) is 19.4. The van der Waals surface area contributed by atoms with E-state index in [-0.39, 0.29) is 0 Å². The van der Waals surface area contributed by atoms with Crippen molar-refractivity contribution in [3.05, 3.63) is 81.5 Å². The second-order valence-electron chi connectivity index (χ2n) is 5.57. The zero-order valence-corrected chi connectivity index (χ0v) is 15.2. The maximum atomic E-state index is 12.8. The van der Waals surface area contributed by atoms with Gasteiger partial charge in [-0.1, -0.05) is 41.4 Å². The Labute approximate surface area is 163 Å². The lowest BCUT2D eigenvalue weighted by atomic mass is 10.1. The van der Waals surface area contributed by atoms with E-state index >= 15 is 0 Å². The first kappa shape index (κ1) is 19.3. The quantitative estimate of drug-likeness (QED) is 0.389.